The Morgan fingerprint density at radius 3 is 2.60 bits per heavy atom. The van der Waals surface area contributed by atoms with Crippen LogP contribution in [-0.4, -0.2) is 18.3 Å². The molecule has 2 aliphatic rings. The van der Waals surface area contributed by atoms with Gasteiger partial charge in [0.1, 0.15) is 6.17 Å². The summed E-state index contributed by atoms with van der Waals surface area (Å²) < 4.78 is 12.7. The second-order valence-electron chi connectivity index (χ2n) is 3.87. The van der Waals surface area contributed by atoms with Crippen LogP contribution in [0.25, 0.3) is 0 Å². The standard InChI is InChI=1S/C8H14FN/c1-8(6-2-3-6)4-7(9)5-10-8/h6-7,10H,2-5H2,1H3. The normalized spacial score (nSPS) is 48.0. The Kier molecular flexibility index (Phi) is 1.28. The van der Waals surface area contributed by atoms with Gasteiger partial charge in [-0.3, -0.25) is 0 Å². The molecule has 1 N–H and O–H groups in total. The van der Waals surface area contributed by atoms with Gasteiger partial charge in [0.15, 0.2) is 0 Å². The lowest BCUT2D eigenvalue weighted by Gasteiger charge is -2.23. The van der Waals surface area contributed by atoms with Gasteiger partial charge in [-0.05, 0) is 32.1 Å². The second kappa shape index (κ2) is 1.94. The van der Waals surface area contributed by atoms with Gasteiger partial charge in [-0.15, -0.1) is 0 Å². The number of rotatable bonds is 1. The summed E-state index contributed by atoms with van der Waals surface area (Å²) in [6, 6.07) is 0. The van der Waals surface area contributed by atoms with Crippen molar-refractivity contribution in [2.75, 3.05) is 6.54 Å². The lowest BCUT2D eigenvalue weighted by atomic mass is 9.94. The summed E-state index contributed by atoms with van der Waals surface area (Å²) in [6.07, 6.45) is 2.75. The van der Waals surface area contributed by atoms with Gasteiger partial charge in [0.25, 0.3) is 0 Å². The molecule has 2 fully saturated rings. The fraction of sp³-hybridized carbons (Fsp3) is 1.00. The predicted octanol–water partition coefficient (Wildman–Crippen LogP) is 1.49. The molecule has 2 rings (SSSR count). The van der Waals surface area contributed by atoms with Crippen molar-refractivity contribution < 1.29 is 4.39 Å². The van der Waals surface area contributed by atoms with E-state index >= 15 is 0 Å². The third-order valence-electron chi connectivity index (χ3n) is 2.85. The molecular formula is C8H14FN. The first kappa shape index (κ1) is 6.59. The smallest absolute Gasteiger partial charge is 0.114 e. The van der Waals surface area contributed by atoms with Gasteiger partial charge in [0.2, 0.25) is 0 Å². The van der Waals surface area contributed by atoms with E-state index in [2.05, 4.69) is 12.2 Å². The first-order valence-corrected chi connectivity index (χ1v) is 4.10. The zero-order valence-corrected chi connectivity index (χ0v) is 6.36. The minimum Gasteiger partial charge on any atom is -0.308 e. The van der Waals surface area contributed by atoms with Crippen molar-refractivity contribution in [1.29, 1.82) is 0 Å². The number of halogens is 1. The highest BCUT2D eigenvalue weighted by atomic mass is 19.1. The number of alkyl halides is 1. The van der Waals surface area contributed by atoms with E-state index in [-0.39, 0.29) is 5.54 Å². The van der Waals surface area contributed by atoms with E-state index in [0.29, 0.717) is 6.54 Å². The summed E-state index contributed by atoms with van der Waals surface area (Å²) in [6.45, 7) is 2.73. The van der Waals surface area contributed by atoms with E-state index in [4.69, 9.17) is 0 Å². The van der Waals surface area contributed by atoms with E-state index in [1.165, 1.54) is 12.8 Å². The molecule has 1 nitrogen and oxygen atoms in total. The van der Waals surface area contributed by atoms with Gasteiger partial charge in [0, 0.05) is 12.1 Å². The Labute approximate surface area is 61.0 Å². The summed E-state index contributed by atoms with van der Waals surface area (Å²) in [5, 5.41) is 3.27. The molecule has 1 saturated carbocycles. The van der Waals surface area contributed by atoms with Gasteiger partial charge in [0.05, 0.1) is 0 Å². The summed E-state index contributed by atoms with van der Waals surface area (Å²) in [4.78, 5) is 0. The molecule has 0 radical (unpaired) electrons. The van der Waals surface area contributed by atoms with Crippen LogP contribution in [-0.2, 0) is 0 Å². The number of hydrogen-bond donors (Lipinski definition) is 1. The Morgan fingerprint density at radius 2 is 2.20 bits per heavy atom. The maximum Gasteiger partial charge on any atom is 0.114 e. The van der Waals surface area contributed by atoms with E-state index in [1.54, 1.807) is 0 Å². The Morgan fingerprint density at radius 1 is 1.50 bits per heavy atom. The maximum absolute atomic E-state index is 12.7. The minimum absolute atomic E-state index is 0.152. The zero-order chi connectivity index (χ0) is 7.19. The van der Waals surface area contributed by atoms with Gasteiger partial charge in [-0.2, -0.15) is 0 Å². The number of hydrogen-bond acceptors (Lipinski definition) is 1. The minimum atomic E-state index is -0.592. The third-order valence-corrected chi connectivity index (χ3v) is 2.85. The maximum atomic E-state index is 12.7. The molecule has 0 amide bonds. The summed E-state index contributed by atoms with van der Waals surface area (Å²) in [5.41, 5.74) is 0.152. The van der Waals surface area contributed by atoms with Crippen LogP contribution < -0.4 is 5.32 Å². The summed E-state index contributed by atoms with van der Waals surface area (Å²) >= 11 is 0. The highest BCUT2D eigenvalue weighted by molar-refractivity contribution is 5.03. The molecule has 0 aromatic carbocycles. The molecule has 2 atom stereocenters. The van der Waals surface area contributed by atoms with Crippen LogP contribution >= 0.6 is 0 Å². The van der Waals surface area contributed by atoms with Crippen LogP contribution in [0.3, 0.4) is 0 Å². The summed E-state index contributed by atoms with van der Waals surface area (Å²) in [7, 11) is 0. The van der Waals surface area contributed by atoms with Gasteiger partial charge in [-0.25, -0.2) is 4.39 Å². The molecule has 58 valence electrons. The van der Waals surface area contributed by atoms with Gasteiger partial charge in [-0.1, -0.05) is 0 Å². The van der Waals surface area contributed by atoms with E-state index in [0.717, 1.165) is 12.3 Å². The molecule has 0 spiro atoms. The molecule has 2 heteroatoms. The summed E-state index contributed by atoms with van der Waals surface area (Å²) in [5.74, 6) is 0.772. The average Bonchev–Trinajstić information content (AvgIpc) is 2.62. The molecule has 0 aromatic heterocycles. The highest BCUT2D eigenvalue weighted by Gasteiger charge is 2.46. The Balaban J connectivity index is 2.01. The molecule has 1 heterocycles. The molecule has 0 aromatic rings. The molecule has 10 heavy (non-hydrogen) atoms. The fourth-order valence-corrected chi connectivity index (χ4v) is 1.98. The van der Waals surface area contributed by atoms with Crippen molar-refractivity contribution in [2.24, 2.45) is 5.92 Å². The van der Waals surface area contributed by atoms with Gasteiger partial charge >= 0.3 is 0 Å². The van der Waals surface area contributed by atoms with Gasteiger partial charge < -0.3 is 5.32 Å². The second-order valence-corrected chi connectivity index (χ2v) is 3.87. The zero-order valence-electron chi connectivity index (χ0n) is 6.36. The molecule has 1 saturated heterocycles. The van der Waals surface area contributed by atoms with Crippen molar-refractivity contribution in [3.05, 3.63) is 0 Å². The van der Waals surface area contributed by atoms with E-state index < -0.39 is 6.17 Å². The Bertz CT molecular complexity index is 144. The van der Waals surface area contributed by atoms with Crippen LogP contribution in [0.15, 0.2) is 0 Å². The molecule has 2 unspecified atom stereocenters. The van der Waals surface area contributed by atoms with Crippen molar-refractivity contribution in [3.63, 3.8) is 0 Å². The molecule has 1 aliphatic heterocycles. The molecular weight excluding hydrogens is 129 g/mol. The van der Waals surface area contributed by atoms with Crippen LogP contribution in [0.2, 0.25) is 0 Å². The quantitative estimate of drug-likeness (QED) is 0.586. The van der Waals surface area contributed by atoms with E-state index in [1.807, 2.05) is 0 Å². The molecule has 1 aliphatic carbocycles. The Hall–Kier alpha value is -0.110. The monoisotopic (exact) mass is 143 g/mol. The van der Waals surface area contributed by atoms with E-state index in [9.17, 15) is 4.39 Å². The number of nitrogens with one attached hydrogen (secondary N) is 1. The SMILES string of the molecule is CC1(C2CC2)CC(F)CN1. The van der Waals surface area contributed by atoms with Crippen molar-refractivity contribution in [2.45, 2.75) is 37.9 Å². The third kappa shape index (κ3) is 0.947. The van der Waals surface area contributed by atoms with Crippen molar-refractivity contribution in [3.8, 4) is 0 Å². The van der Waals surface area contributed by atoms with Crippen LogP contribution in [0.5, 0.6) is 0 Å². The van der Waals surface area contributed by atoms with Crippen molar-refractivity contribution >= 4 is 0 Å². The van der Waals surface area contributed by atoms with Crippen LogP contribution in [0.1, 0.15) is 26.2 Å². The topological polar surface area (TPSA) is 12.0 Å². The average molecular weight is 143 g/mol. The lowest BCUT2D eigenvalue weighted by Crippen LogP contribution is -2.38. The molecule has 0 bridgehead atoms. The first-order chi connectivity index (χ1) is 4.71. The van der Waals surface area contributed by atoms with Crippen LogP contribution in [0.4, 0.5) is 4.39 Å². The lowest BCUT2D eigenvalue weighted by molar-refractivity contribution is 0.309. The predicted molar refractivity (Wildman–Crippen MR) is 38.6 cm³/mol. The first-order valence-electron chi connectivity index (χ1n) is 4.10. The fourth-order valence-electron chi connectivity index (χ4n) is 1.98. The largest absolute Gasteiger partial charge is 0.308 e. The highest BCUT2D eigenvalue weighted by Crippen LogP contribution is 2.44. The van der Waals surface area contributed by atoms with Crippen molar-refractivity contribution in [1.82, 2.24) is 5.32 Å². The van der Waals surface area contributed by atoms with Crippen LogP contribution in [0, 0.1) is 5.92 Å².